The summed E-state index contributed by atoms with van der Waals surface area (Å²) >= 11 is 0. The Morgan fingerprint density at radius 1 is 1.16 bits per heavy atom. The molecular weight excluding hydrogens is 279 g/mol. The van der Waals surface area contributed by atoms with Gasteiger partial charge in [0, 0.05) is 5.57 Å². The Morgan fingerprint density at radius 3 is 1.89 bits per heavy atom. The Hall–Kier alpha value is -1.67. The zero-order valence-corrected chi connectivity index (χ0v) is 9.98. The van der Waals surface area contributed by atoms with Crippen LogP contribution in [0.4, 0.5) is 22.0 Å². The van der Waals surface area contributed by atoms with E-state index >= 15 is 0 Å². The van der Waals surface area contributed by atoms with Gasteiger partial charge in [-0.25, -0.2) is 4.79 Å². The Morgan fingerprint density at radius 2 is 1.58 bits per heavy atom. The van der Waals surface area contributed by atoms with Crippen molar-refractivity contribution in [3.05, 3.63) is 12.2 Å². The number of carboxylic acid groups (broad SMARTS) is 1. The van der Waals surface area contributed by atoms with E-state index in [-0.39, 0.29) is 0 Å². The van der Waals surface area contributed by atoms with Crippen LogP contribution in [-0.4, -0.2) is 34.7 Å². The third-order valence-corrected chi connectivity index (χ3v) is 2.11. The lowest BCUT2D eigenvalue weighted by molar-refractivity contribution is -0.335. The number of halogens is 5. The molecule has 0 heterocycles. The van der Waals surface area contributed by atoms with E-state index in [1.165, 1.54) is 0 Å². The number of carbonyl (C=O) groups is 2. The first-order valence-corrected chi connectivity index (χ1v) is 4.80. The summed E-state index contributed by atoms with van der Waals surface area (Å²) in [6.45, 7) is 3.68. The van der Waals surface area contributed by atoms with Crippen molar-refractivity contribution in [2.45, 2.75) is 38.0 Å². The smallest absolute Gasteiger partial charge is 0.457 e. The maximum absolute atomic E-state index is 13.0. The molecule has 0 radical (unpaired) electrons. The van der Waals surface area contributed by atoms with E-state index in [2.05, 4.69) is 11.3 Å². The van der Waals surface area contributed by atoms with E-state index in [1.807, 2.05) is 0 Å². The molecule has 0 bridgehead atoms. The molecule has 0 aliphatic carbocycles. The largest absolute Gasteiger partial charge is 0.481 e. The lowest BCUT2D eigenvalue weighted by atomic mass is 9.99. The average Bonchev–Trinajstić information content (AvgIpc) is 2.13. The molecule has 0 aromatic carbocycles. The highest BCUT2D eigenvalue weighted by atomic mass is 19.4. The topological polar surface area (TPSA) is 63.6 Å². The number of rotatable bonds is 5. The van der Waals surface area contributed by atoms with Crippen LogP contribution >= 0.6 is 0 Å². The molecule has 0 saturated carbocycles. The zero-order valence-electron chi connectivity index (χ0n) is 9.98. The Bertz CT molecular complexity index is 397. The summed E-state index contributed by atoms with van der Waals surface area (Å²) in [6, 6.07) is 0. The van der Waals surface area contributed by atoms with E-state index in [0.717, 1.165) is 0 Å². The molecule has 0 rings (SSSR count). The van der Waals surface area contributed by atoms with Crippen molar-refractivity contribution in [1.82, 2.24) is 0 Å². The molecule has 9 heteroatoms. The van der Waals surface area contributed by atoms with Crippen LogP contribution in [0.15, 0.2) is 12.2 Å². The predicted molar refractivity (Wildman–Crippen MR) is 52.6 cm³/mol. The van der Waals surface area contributed by atoms with Crippen molar-refractivity contribution >= 4 is 11.9 Å². The fraction of sp³-hybridized carbons (Fsp3) is 0.600. The molecule has 4 nitrogen and oxygen atoms in total. The van der Waals surface area contributed by atoms with E-state index < -0.39 is 41.6 Å². The molecule has 0 saturated heterocycles. The highest BCUT2D eigenvalue weighted by Crippen LogP contribution is 2.45. The van der Waals surface area contributed by atoms with Crippen molar-refractivity contribution in [2.24, 2.45) is 0 Å². The second-order valence-corrected chi connectivity index (χ2v) is 4.15. The maximum atomic E-state index is 13.0. The van der Waals surface area contributed by atoms with Crippen LogP contribution < -0.4 is 0 Å². The Labute approximate surface area is 104 Å². The second-order valence-electron chi connectivity index (χ2n) is 4.15. The van der Waals surface area contributed by atoms with Gasteiger partial charge in [0.25, 0.3) is 0 Å². The molecule has 0 fully saturated rings. The van der Waals surface area contributed by atoms with Crippen LogP contribution in [0.25, 0.3) is 0 Å². The monoisotopic (exact) mass is 290 g/mol. The quantitative estimate of drug-likeness (QED) is 0.480. The van der Waals surface area contributed by atoms with Gasteiger partial charge < -0.3 is 9.84 Å². The summed E-state index contributed by atoms with van der Waals surface area (Å²) < 4.78 is 66.5. The SMILES string of the molecule is C=C(CC(=O)O)C(=O)OC(C)(C)C(F)(F)C(F)(F)F. The van der Waals surface area contributed by atoms with Crippen LogP contribution in [-0.2, 0) is 14.3 Å². The number of carbonyl (C=O) groups excluding carboxylic acids is 1. The minimum atomic E-state index is -5.91. The first-order valence-electron chi connectivity index (χ1n) is 4.80. The fourth-order valence-electron chi connectivity index (χ4n) is 0.964. The van der Waals surface area contributed by atoms with Gasteiger partial charge in [0.05, 0.1) is 6.42 Å². The summed E-state index contributed by atoms with van der Waals surface area (Å²) in [6.07, 6.45) is -6.84. The summed E-state index contributed by atoms with van der Waals surface area (Å²) in [5, 5.41) is 8.32. The first-order chi connectivity index (χ1) is 8.22. The number of alkyl halides is 5. The number of aliphatic carboxylic acids is 1. The summed E-state index contributed by atoms with van der Waals surface area (Å²) in [5.74, 6) is -8.42. The molecule has 0 spiro atoms. The van der Waals surface area contributed by atoms with Gasteiger partial charge in [-0.05, 0) is 13.8 Å². The molecule has 0 aromatic rings. The molecule has 0 aliphatic heterocycles. The van der Waals surface area contributed by atoms with Crippen molar-refractivity contribution < 1.29 is 41.4 Å². The molecule has 0 atom stereocenters. The normalized spacial score (nSPS) is 13.0. The van der Waals surface area contributed by atoms with Gasteiger partial charge in [-0.15, -0.1) is 0 Å². The van der Waals surface area contributed by atoms with Crippen LogP contribution in [0.5, 0.6) is 0 Å². The maximum Gasteiger partial charge on any atom is 0.457 e. The number of hydrogen-bond acceptors (Lipinski definition) is 3. The molecule has 19 heavy (non-hydrogen) atoms. The first kappa shape index (κ1) is 17.3. The van der Waals surface area contributed by atoms with Crippen molar-refractivity contribution in [3.8, 4) is 0 Å². The van der Waals surface area contributed by atoms with Gasteiger partial charge >= 0.3 is 24.0 Å². The lowest BCUT2D eigenvalue weighted by Crippen LogP contribution is -2.55. The van der Waals surface area contributed by atoms with Gasteiger partial charge in [0.1, 0.15) is 0 Å². The molecule has 0 unspecified atom stereocenters. The predicted octanol–water partition coefficient (Wildman–Crippen LogP) is 2.54. The molecule has 0 aliphatic rings. The lowest BCUT2D eigenvalue weighted by Gasteiger charge is -2.34. The number of esters is 1. The van der Waals surface area contributed by atoms with Gasteiger partial charge in [-0.2, -0.15) is 22.0 Å². The Kier molecular flexibility index (Phi) is 4.69. The summed E-state index contributed by atoms with van der Waals surface area (Å²) in [4.78, 5) is 21.4. The van der Waals surface area contributed by atoms with Crippen molar-refractivity contribution in [2.75, 3.05) is 0 Å². The van der Waals surface area contributed by atoms with E-state index in [9.17, 15) is 31.5 Å². The number of carboxylic acids is 1. The minimum absolute atomic E-state index is 0.367. The molecule has 1 N–H and O–H groups in total. The molecule has 0 amide bonds. The fourth-order valence-corrected chi connectivity index (χ4v) is 0.964. The molecule has 110 valence electrons. The molecular formula is C10H11F5O4. The summed E-state index contributed by atoms with van der Waals surface area (Å²) in [5.41, 5.74) is -3.93. The minimum Gasteiger partial charge on any atom is -0.481 e. The van der Waals surface area contributed by atoms with Crippen LogP contribution in [0.3, 0.4) is 0 Å². The van der Waals surface area contributed by atoms with Gasteiger partial charge in [-0.1, -0.05) is 6.58 Å². The van der Waals surface area contributed by atoms with Crippen LogP contribution in [0, 0.1) is 0 Å². The van der Waals surface area contributed by atoms with E-state index in [1.54, 1.807) is 0 Å². The average molecular weight is 290 g/mol. The van der Waals surface area contributed by atoms with Crippen LogP contribution in [0.1, 0.15) is 20.3 Å². The van der Waals surface area contributed by atoms with Gasteiger partial charge in [-0.3, -0.25) is 4.79 Å². The van der Waals surface area contributed by atoms with Gasteiger partial charge in [0.2, 0.25) is 0 Å². The van der Waals surface area contributed by atoms with Crippen LogP contribution in [0.2, 0.25) is 0 Å². The standard InChI is InChI=1S/C10H11F5O4/c1-5(4-6(16)17)7(18)19-8(2,3)9(11,12)10(13,14)15/h1,4H2,2-3H3,(H,16,17). The van der Waals surface area contributed by atoms with Crippen molar-refractivity contribution in [3.63, 3.8) is 0 Å². The van der Waals surface area contributed by atoms with E-state index in [4.69, 9.17) is 5.11 Å². The Balaban J connectivity index is 5.02. The third-order valence-electron chi connectivity index (χ3n) is 2.11. The van der Waals surface area contributed by atoms with Crippen molar-refractivity contribution in [1.29, 1.82) is 0 Å². The number of ether oxygens (including phenoxy) is 1. The van der Waals surface area contributed by atoms with E-state index in [0.29, 0.717) is 13.8 Å². The highest BCUT2D eigenvalue weighted by Gasteiger charge is 2.68. The zero-order chi connectivity index (χ0) is 15.6. The molecule has 0 aromatic heterocycles. The highest BCUT2D eigenvalue weighted by molar-refractivity contribution is 5.93. The number of hydrogen-bond donors (Lipinski definition) is 1. The second kappa shape index (κ2) is 5.14. The third kappa shape index (κ3) is 3.90. The summed E-state index contributed by atoms with van der Waals surface area (Å²) in [7, 11) is 0. The van der Waals surface area contributed by atoms with Gasteiger partial charge in [0.15, 0.2) is 5.60 Å².